The van der Waals surface area contributed by atoms with Gasteiger partial charge in [0.2, 0.25) is 0 Å². The molecular weight excluding hydrogens is 226 g/mol. The first-order chi connectivity index (χ1) is 8.92. The molecule has 0 bridgehead atoms. The van der Waals surface area contributed by atoms with Gasteiger partial charge in [-0.1, -0.05) is 18.2 Å². The lowest BCUT2D eigenvalue weighted by Gasteiger charge is -2.06. The van der Waals surface area contributed by atoms with Crippen LogP contribution in [0.25, 0.3) is 0 Å². The summed E-state index contributed by atoms with van der Waals surface area (Å²) in [6, 6.07) is 8.46. The van der Waals surface area contributed by atoms with E-state index in [-0.39, 0.29) is 0 Å². The topological polar surface area (TPSA) is 47.0 Å². The fourth-order valence-electron chi connectivity index (χ4n) is 2.11. The van der Waals surface area contributed by atoms with Crippen molar-refractivity contribution in [1.82, 2.24) is 9.97 Å². The Morgan fingerprint density at radius 2 is 2.11 bits per heavy atom. The first-order valence-electron chi connectivity index (χ1n) is 6.10. The Morgan fingerprint density at radius 3 is 3.00 bits per heavy atom. The summed E-state index contributed by atoms with van der Waals surface area (Å²) in [5.74, 6) is 0.870. The number of aromatic nitrogens is 2. The van der Waals surface area contributed by atoms with Gasteiger partial charge in [0.15, 0.2) is 0 Å². The van der Waals surface area contributed by atoms with E-state index in [1.807, 2.05) is 6.07 Å². The van der Waals surface area contributed by atoms with E-state index in [1.54, 1.807) is 12.5 Å². The van der Waals surface area contributed by atoms with Gasteiger partial charge in [0, 0.05) is 12.7 Å². The highest BCUT2D eigenvalue weighted by Crippen LogP contribution is 2.21. The third kappa shape index (κ3) is 2.49. The van der Waals surface area contributed by atoms with Gasteiger partial charge in [-0.3, -0.25) is 0 Å². The zero-order valence-electron chi connectivity index (χ0n) is 10.1. The predicted octanol–water partition coefficient (Wildman–Crippen LogP) is 2.16. The van der Waals surface area contributed by atoms with Crippen LogP contribution >= 0.6 is 0 Å². The second kappa shape index (κ2) is 5.14. The predicted molar refractivity (Wildman–Crippen MR) is 69.2 cm³/mol. The van der Waals surface area contributed by atoms with Crippen molar-refractivity contribution < 1.29 is 4.74 Å². The van der Waals surface area contributed by atoms with Crippen LogP contribution in [0.5, 0.6) is 0 Å². The van der Waals surface area contributed by atoms with Crippen LogP contribution in [0.15, 0.2) is 36.8 Å². The van der Waals surface area contributed by atoms with Crippen LogP contribution in [0, 0.1) is 0 Å². The van der Waals surface area contributed by atoms with Crippen molar-refractivity contribution in [3.63, 3.8) is 0 Å². The maximum atomic E-state index is 5.41. The highest BCUT2D eigenvalue weighted by molar-refractivity contribution is 5.35. The SMILES string of the molecule is c1cc(NCCc2ccc3c(c2)COC3)ncn1. The average molecular weight is 241 g/mol. The summed E-state index contributed by atoms with van der Waals surface area (Å²) in [5.41, 5.74) is 3.98. The summed E-state index contributed by atoms with van der Waals surface area (Å²) < 4.78 is 5.41. The molecule has 2 heterocycles. The van der Waals surface area contributed by atoms with Crippen LogP contribution in [-0.4, -0.2) is 16.5 Å². The molecule has 0 fully saturated rings. The van der Waals surface area contributed by atoms with Gasteiger partial charge in [-0.15, -0.1) is 0 Å². The molecule has 4 nitrogen and oxygen atoms in total. The molecule has 0 radical (unpaired) electrons. The zero-order chi connectivity index (χ0) is 12.2. The van der Waals surface area contributed by atoms with E-state index < -0.39 is 0 Å². The fraction of sp³-hybridized carbons (Fsp3) is 0.286. The van der Waals surface area contributed by atoms with Crippen molar-refractivity contribution in [2.24, 2.45) is 0 Å². The van der Waals surface area contributed by atoms with E-state index in [0.717, 1.165) is 32.0 Å². The molecule has 1 N–H and O–H groups in total. The number of anilines is 1. The zero-order valence-corrected chi connectivity index (χ0v) is 10.1. The van der Waals surface area contributed by atoms with Gasteiger partial charge < -0.3 is 10.1 Å². The van der Waals surface area contributed by atoms with Gasteiger partial charge in [0.25, 0.3) is 0 Å². The summed E-state index contributed by atoms with van der Waals surface area (Å²) in [4.78, 5) is 8.01. The summed E-state index contributed by atoms with van der Waals surface area (Å²) in [6.07, 6.45) is 4.27. The summed E-state index contributed by atoms with van der Waals surface area (Å²) in [7, 11) is 0. The van der Waals surface area contributed by atoms with Crippen molar-refractivity contribution in [2.45, 2.75) is 19.6 Å². The van der Waals surface area contributed by atoms with E-state index in [4.69, 9.17) is 4.74 Å². The smallest absolute Gasteiger partial charge is 0.129 e. The number of hydrogen-bond acceptors (Lipinski definition) is 4. The molecule has 0 amide bonds. The molecule has 18 heavy (non-hydrogen) atoms. The van der Waals surface area contributed by atoms with E-state index in [0.29, 0.717) is 0 Å². The summed E-state index contributed by atoms with van der Waals surface area (Å²) in [5, 5.41) is 3.28. The molecule has 0 spiro atoms. The molecule has 3 rings (SSSR count). The minimum atomic E-state index is 0.752. The first kappa shape index (κ1) is 11.2. The molecule has 92 valence electrons. The molecule has 4 heteroatoms. The van der Waals surface area contributed by atoms with Gasteiger partial charge in [-0.25, -0.2) is 9.97 Å². The van der Waals surface area contributed by atoms with Crippen LogP contribution in [0.2, 0.25) is 0 Å². The Labute approximate surface area is 106 Å². The van der Waals surface area contributed by atoms with Crippen LogP contribution in [-0.2, 0) is 24.4 Å². The van der Waals surface area contributed by atoms with Crippen molar-refractivity contribution in [2.75, 3.05) is 11.9 Å². The van der Waals surface area contributed by atoms with Gasteiger partial charge in [0.1, 0.15) is 12.1 Å². The summed E-state index contributed by atoms with van der Waals surface area (Å²) in [6.45, 7) is 2.38. The number of rotatable bonds is 4. The van der Waals surface area contributed by atoms with Crippen LogP contribution in [0.1, 0.15) is 16.7 Å². The van der Waals surface area contributed by atoms with Crippen molar-refractivity contribution in [1.29, 1.82) is 0 Å². The largest absolute Gasteiger partial charge is 0.372 e. The third-order valence-electron chi connectivity index (χ3n) is 3.09. The van der Waals surface area contributed by atoms with Crippen molar-refractivity contribution >= 4 is 5.82 Å². The minimum absolute atomic E-state index is 0.752. The molecule has 1 aliphatic heterocycles. The number of ether oxygens (including phenoxy) is 1. The highest BCUT2D eigenvalue weighted by atomic mass is 16.5. The maximum Gasteiger partial charge on any atom is 0.129 e. The quantitative estimate of drug-likeness (QED) is 0.891. The number of hydrogen-bond donors (Lipinski definition) is 1. The second-order valence-electron chi connectivity index (χ2n) is 4.37. The normalized spacial score (nSPS) is 13.3. The summed E-state index contributed by atoms with van der Waals surface area (Å²) >= 11 is 0. The number of nitrogens with one attached hydrogen (secondary N) is 1. The van der Waals surface area contributed by atoms with E-state index in [9.17, 15) is 0 Å². The monoisotopic (exact) mass is 241 g/mol. The molecule has 2 aromatic rings. The lowest BCUT2D eigenvalue weighted by molar-refractivity contribution is 0.134. The number of benzene rings is 1. The van der Waals surface area contributed by atoms with Crippen molar-refractivity contribution in [3.05, 3.63) is 53.5 Å². The van der Waals surface area contributed by atoms with Gasteiger partial charge in [-0.05, 0) is 29.2 Å². The highest BCUT2D eigenvalue weighted by Gasteiger charge is 2.10. The molecule has 0 aliphatic carbocycles. The van der Waals surface area contributed by atoms with E-state index >= 15 is 0 Å². The molecule has 1 aromatic carbocycles. The van der Waals surface area contributed by atoms with Crippen LogP contribution in [0.3, 0.4) is 0 Å². The Balaban J connectivity index is 1.57. The molecular formula is C14H15N3O. The molecule has 1 aliphatic rings. The van der Waals surface area contributed by atoms with Gasteiger partial charge in [0.05, 0.1) is 13.2 Å². The Morgan fingerprint density at radius 1 is 1.17 bits per heavy atom. The second-order valence-corrected chi connectivity index (χ2v) is 4.37. The van der Waals surface area contributed by atoms with E-state index in [2.05, 4.69) is 33.5 Å². The van der Waals surface area contributed by atoms with Crippen molar-refractivity contribution in [3.8, 4) is 0 Å². The molecule has 0 unspecified atom stereocenters. The van der Waals surface area contributed by atoms with Gasteiger partial charge >= 0.3 is 0 Å². The number of nitrogens with zero attached hydrogens (tertiary/aromatic N) is 2. The van der Waals surface area contributed by atoms with Crippen LogP contribution in [0.4, 0.5) is 5.82 Å². The lowest BCUT2D eigenvalue weighted by Crippen LogP contribution is -2.06. The molecule has 0 atom stereocenters. The Kier molecular flexibility index (Phi) is 3.19. The van der Waals surface area contributed by atoms with Gasteiger partial charge in [-0.2, -0.15) is 0 Å². The Hall–Kier alpha value is -1.94. The fourth-order valence-corrected chi connectivity index (χ4v) is 2.11. The molecule has 1 aromatic heterocycles. The molecule has 0 saturated heterocycles. The third-order valence-corrected chi connectivity index (χ3v) is 3.09. The molecule has 0 saturated carbocycles. The Bertz CT molecular complexity index is 528. The standard InChI is InChI=1S/C14H15N3O/c1-2-12-8-18-9-13(12)7-11(1)3-6-16-14-4-5-15-10-17-14/h1-2,4-5,7,10H,3,6,8-9H2,(H,15,16,17). The minimum Gasteiger partial charge on any atom is -0.372 e. The lowest BCUT2D eigenvalue weighted by atomic mass is 10.0. The first-order valence-corrected chi connectivity index (χ1v) is 6.10. The van der Waals surface area contributed by atoms with Crippen LogP contribution < -0.4 is 5.32 Å². The average Bonchev–Trinajstić information content (AvgIpc) is 2.87. The number of fused-ring (bicyclic) bond motifs is 1. The maximum absolute atomic E-state index is 5.41. The van der Waals surface area contributed by atoms with E-state index in [1.165, 1.54) is 16.7 Å².